The molecule has 0 aromatic carbocycles. The lowest BCUT2D eigenvalue weighted by molar-refractivity contribution is -0.118. The van der Waals surface area contributed by atoms with Crippen LogP contribution in [0.1, 0.15) is 11.5 Å². The van der Waals surface area contributed by atoms with Crippen molar-refractivity contribution < 1.29 is 18.4 Å². The lowest BCUT2D eigenvalue weighted by Gasteiger charge is -2.06. The summed E-state index contributed by atoms with van der Waals surface area (Å²) in [7, 11) is 0. The number of carbonyl (C=O) groups is 2. The van der Waals surface area contributed by atoms with Gasteiger partial charge in [0.1, 0.15) is 23.2 Å². The van der Waals surface area contributed by atoms with Crippen LogP contribution >= 0.6 is 0 Å². The highest BCUT2D eigenvalue weighted by atomic mass is 16.3. The number of rotatable bonds is 7. The van der Waals surface area contributed by atoms with Crippen LogP contribution in [-0.2, 0) is 9.59 Å². The first-order valence-electron chi connectivity index (χ1n) is 7.48. The number of nitriles is 1. The van der Waals surface area contributed by atoms with Crippen molar-refractivity contribution >= 4 is 24.0 Å². The van der Waals surface area contributed by atoms with E-state index in [0.29, 0.717) is 11.5 Å². The summed E-state index contributed by atoms with van der Waals surface area (Å²) < 4.78 is 10.1. The zero-order valence-corrected chi connectivity index (χ0v) is 13.6. The zero-order valence-electron chi connectivity index (χ0n) is 13.6. The van der Waals surface area contributed by atoms with E-state index in [1.807, 2.05) is 0 Å². The van der Waals surface area contributed by atoms with Crippen LogP contribution in [0, 0.1) is 17.9 Å². The van der Waals surface area contributed by atoms with Crippen molar-refractivity contribution in [2.45, 2.75) is 0 Å². The smallest absolute Gasteiger partial charge is 0.262 e. The summed E-state index contributed by atoms with van der Waals surface area (Å²) in [4.78, 5) is 27.0. The van der Waals surface area contributed by atoms with E-state index in [4.69, 9.17) is 20.7 Å². The van der Waals surface area contributed by atoms with E-state index in [-0.39, 0.29) is 24.4 Å². The molecule has 0 bridgehead atoms. The maximum absolute atomic E-state index is 11.9. The van der Waals surface area contributed by atoms with Gasteiger partial charge in [0.25, 0.3) is 11.6 Å². The summed E-state index contributed by atoms with van der Waals surface area (Å²) in [6, 6.07) is 8.30. The predicted octanol–water partition coefficient (Wildman–Crippen LogP) is 1.97. The third-order valence-electron chi connectivity index (χ3n) is 3.07. The molecule has 0 fully saturated rings. The summed E-state index contributed by atoms with van der Waals surface area (Å²) in [6.07, 6.45) is 5.50. The molecule has 130 valence electrons. The second-order valence-electron chi connectivity index (χ2n) is 4.85. The first kappa shape index (κ1) is 18.3. The van der Waals surface area contributed by atoms with Gasteiger partial charge in [-0.1, -0.05) is 0 Å². The highest BCUT2D eigenvalue weighted by Crippen LogP contribution is 2.09. The Morgan fingerprint density at radius 2 is 1.65 bits per heavy atom. The van der Waals surface area contributed by atoms with Gasteiger partial charge in [-0.2, -0.15) is 5.26 Å². The van der Waals surface area contributed by atoms with Gasteiger partial charge < -0.3 is 19.5 Å². The quantitative estimate of drug-likeness (QED) is 0.343. The summed E-state index contributed by atoms with van der Waals surface area (Å²) in [5.74, 6) is -0.400. The minimum Gasteiger partial charge on any atom is -0.466 e. The van der Waals surface area contributed by atoms with Crippen molar-refractivity contribution in [2.75, 3.05) is 13.1 Å². The van der Waals surface area contributed by atoms with Gasteiger partial charge in [0.15, 0.2) is 0 Å². The highest BCUT2D eigenvalue weighted by Gasteiger charge is 2.12. The fourth-order valence-electron chi connectivity index (χ4n) is 1.86. The van der Waals surface area contributed by atoms with Crippen LogP contribution in [0.3, 0.4) is 0 Å². The van der Waals surface area contributed by atoms with E-state index in [9.17, 15) is 9.59 Å². The molecule has 0 atom stereocenters. The average Bonchev–Trinajstić information content (AvgIpc) is 3.34. The van der Waals surface area contributed by atoms with Gasteiger partial charge in [0.2, 0.25) is 5.91 Å². The molecule has 8 heteroatoms. The fourth-order valence-corrected chi connectivity index (χ4v) is 1.86. The maximum Gasteiger partial charge on any atom is 0.262 e. The summed E-state index contributed by atoms with van der Waals surface area (Å²) in [5.41, 5.74) is -0.257. The number of furan rings is 2. The number of hydrogen-bond donors (Lipinski definition) is 2. The Kier molecular flexibility index (Phi) is 6.55. The molecule has 2 heterocycles. The van der Waals surface area contributed by atoms with Crippen LogP contribution in [0.4, 0.5) is 0 Å². The number of nitrogens with one attached hydrogen (secondary N) is 2. The molecule has 2 aromatic rings. The zero-order chi connectivity index (χ0) is 18.8. The van der Waals surface area contributed by atoms with Gasteiger partial charge in [-0.25, -0.2) is 4.85 Å². The van der Waals surface area contributed by atoms with Gasteiger partial charge in [0, 0.05) is 19.2 Å². The molecule has 2 N–H and O–H groups in total. The Labute approximate surface area is 149 Å². The molecule has 0 aliphatic heterocycles. The molecule has 8 nitrogen and oxygen atoms in total. The van der Waals surface area contributed by atoms with Crippen LogP contribution < -0.4 is 10.6 Å². The largest absolute Gasteiger partial charge is 0.466 e. The van der Waals surface area contributed by atoms with Gasteiger partial charge in [0.05, 0.1) is 19.1 Å². The standard InChI is InChI=1S/C18H14N4O4/c1-20-16(11-15-5-3-9-26-15)18(24)22-7-6-21-17(23)13(12-19)10-14-4-2-8-25-14/h2-5,8-11H,6-7H2,(H,21,23)(H,22,24). The molecule has 0 radical (unpaired) electrons. The summed E-state index contributed by atoms with van der Waals surface area (Å²) in [6.45, 7) is 7.23. The third kappa shape index (κ3) is 5.25. The number of amides is 2. The van der Waals surface area contributed by atoms with E-state index < -0.39 is 11.8 Å². The lowest BCUT2D eigenvalue weighted by Crippen LogP contribution is -2.35. The van der Waals surface area contributed by atoms with Crippen LogP contribution in [0.5, 0.6) is 0 Å². The van der Waals surface area contributed by atoms with Crippen molar-refractivity contribution in [3.05, 3.63) is 71.0 Å². The Bertz CT molecular complexity index is 818. The molecule has 0 aliphatic rings. The molecule has 0 unspecified atom stereocenters. The topological polar surface area (TPSA) is 113 Å². The molecule has 2 rings (SSSR count). The van der Waals surface area contributed by atoms with E-state index in [1.54, 1.807) is 30.3 Å². The van der Waals surface area contributed by atoms with Crippen molar-refractivity contribution in [2.24, 2.45) is 0 Å². The molecule has 0 aliphatic carbocycles. The van der Waals surface area contributed by atoms with Crippen molar-refractivity contribution in [1.82, 2.24) is 10.6 Å². The number of hydrogen-bond acceptors (Lipinski definition) is 5. The second kappa shape index (κ2) is 9.30. The van der Waals surface area contributed by atoms with Crippen LogP contribution in [0.15, 0.2) is 56.9 Å². The van der Waals surface area contributed by atoms with E-state index in [2.05, 4.69) is 15.5 Å². The first-order chi connectivity index (χ1) is 12.6. The first-order valence-corrected chi connectivity index (χ1v) is 7.48. The summed E-state index contributed by atoms with van der Waals surface area (Å²) in [5, 5.41) is 14.0. The molecule has 0 spiro atoms. The summed E-state index contributed by atoms with van der Waals surface area (Å²) >= 11 is 0. The minimum absolute atomic E-state index is 0.0911. The number of carbonyl (C=O) groups excluding carboxylic acids is 2. The molecular formula is C18H14N4O4. The third-order valence-corrected chi connectivity index (χ3v) is 3.07. The second-order valence-corrected chi connectivity index (χ2v) is 4.85. The molecule has 0 saturated heterocycles. The van der Waals surface area contributed by atoms with Crippen LogP contribution in [0.25, 0.3) is 17.0 Å². The lowest BCUT2D eigenvalue weighted by atomic mass is 10.2. The average molecular weight is 350 g/mol. The highest BCUT2D eigenvalue weighted by molar-refractivity contribution is 6.01. The van der Waals surface area contributed by atoms with Crippen molar-refractivity contribution in [3.63, 3.8) is 0 Å². The Balaban J connectivity index is 1.82. The molecule has 2 amide bonds. The molecule has 0 saturated carbocycles. The molecule has 2 aromatic heterocycles. The van der Waals surface area contributed by atoms with Gasteiger partial charge >= 0.3 is 0 Å². The van der Waals surface area contributed by atoms with Crippen LogP contribution in [0.2, 0.25) is 0 Å². The van der Waals surface area contributed by atoms with E-state index >= 15 is 0 Å². The minimum atomic E-state index is -0.588. The van der Waals surface area contributed by atoms with Gasteiger partial charge in [-0.05, 0) is 30.3 Å². The monoisotopic (exact) mass is 350 g/mol. The molecular weight excluding hydrogens is 336 g/mol. The predicted molar refractivity (Wildman–Crippen MR) is 91.6 cm³/mol. The number of nitrogens with zero attached hydrogens (tertiary/aromatic N) is 2. The molecule has 26 heavy (non-hydrogen) atoms. The van der Waals surface area contributed by atoms with Gasteiger partial charge in [-0.3, -0.25) is 9.59 Å². The SMILES string of the molecule is [C-]#[N+]C(=Cc1ccco1)C(=O)NCCNC(=O)C(C#N)=Cc1ccco1. The van der Waals surface area contributed by atoms with Crippen LogP contribution in [-0.4, -0.2) is 24.9 Å². The Hall–Kier alpha value is -4.04. The van der Waals surface area contributed by atoms with E-state index in [1.165, 1.54) is 24.7 Å². The Morgan fingerprint density at radius 3 is 2.15 bits per heavy atom. The normalized spacial score (nSPS) is 11.3. The van der Waals surface area contributed by atoms with Crippen molar-refractivity contribution in [1.29, 1.82) is 5.26 Å². The maximum atomic E-state index is 11.9. The fraction of sp³-hybridized carbons (Fsp3) is 0.111. The van der Waals surface area contributed by atoms with E-state index in [0.717, 1.165) is 0 Å². The van der Waals surface area contributed by atoms with Gasteiger partial charge in [-0.15, -0.1) is 0 Å². The Morgan fingerprint density at radius 1 is 1.08 bits per heavy atom. The van der Waals surface area contributed by atoms with Crippen molar-refractivity contribution in [3.8, 4) is 6.07 Å².